The van der Waals surface area contributed by atoms with Crippen molar-refractivity contribution >= 4 is 39.8 Å². The van der Waals surface area contributed by atoms with Crippen LogP contribution in [0.1, 0.15) is 18.9 Å². The topological polar surface area (TPSA) is 83.4 Å². The summed E-state index contributed by atoms with van der Waals surface area (Å²) in [5.41, 5.74) is -0.185. The molecule has 12 heteroatoms. The van der Waals surface area contributed by atoms with Gasteiger partial charge in [0.25, 0.3) is 0 Å². The van der Waals surface area contributed by atoms with E-state index in [1.54, 1.807) is 11.8 Å². The van der Waals surface area contributed by atoms with Gasteiger partial charge in [-0.05, 0) is 31.9 Å². The lowest BCUT2D eigenvalue weighted by Gasteiger charge is -2.18. The number of sulfonamides is 1. The number of halogens is 4. The molecule has 0 saturated carbocycles. The van der Waals surface area contributed by atoms with E-state index < -0.39 is 40.0 Å². The van der Waals surface area contributed by atoms with Crippen molar-refractivity contribution in [1.82, 2.24) is 9.62 Å². The van der Waals surface area contributed by atoms with Crippen LogP contribution in [0.25, 0.3) is 5.57 Å². The van der Waals surface area contributed by atoms with E-state index in [0.29, 0.717) is 5.84 Å². The summed E-state index contributed by atoms with van der Waals surface area (Å²) in [6, 6.07) is 2.52. The van der Waals surface area contributed by atoms with Gasteiger partial charge in [-0.1, -0.05) is 22.8 Å². The number of alkyl halides is 1. The minimum atomic E-state index is -3.59. The Balaban J connectivity index is 1.88. The number of likely N-dealkylation sites (tertiary alicyclic amines) is 1. The first-order valence-electron chi connectivity index (χ1n) is 9.58. The third-order valence-corrected chi connectivity index (χ3v) is 5.80. The highest BCUT2D eigenvalue weighted by atomic mass is 35.5. The average Bonchev–Trinajstić information content (AvgIpc) is 3.28. The van der Waals surface area contributed by atoms with Crippen LogP contribution in [0, 0.1) is 11.6 Å². The molecule has 1 fully saturated rings. The molecule has 174 valence electrons. The number of rotatable bonds is 6. The normalized spacial score (nSPS) is 24.8. The second kappa shape index (κ2) is 9.63. The number of oxime groups is 1. The van der Waals surface area contributed by atoms with Crippen molar-refractivity contribution in [1.29, 1.82) is 0 Å². The Morgan fingerprint density at radius 2 is 2.03 bits per heavy atom. The SMILES string of the molecule is C=N/C(=C(\C=C(/C)Cl)c1c(F)cccc1F)C1CC(N2C[C@H](F)[C@H](NS(C)(=O)=O)C2)=NO1. The van der Waals surface area contributed by atoms with Gasteiger partial charge in [0, 0.05) is 17.2 Å². The lowest BCUT2D eigenvalue weighted by molar-refractivity contribution is 0.111. The fourth-order valence-electron chi connectivity index (χ4n) is 3.65. The highest BCUT2D eigenvalue weighted by Gasteiger charge is 2.39. The maximum Gasteiger partial charge on any atom is 0.209 e. The zero-order valence-electron chi connectivity index (χ0n) is 17.4. The van der Waals surface area contributed by atoms with E-state index in [1.807, 2.05) is 0 Å². The molecule has 0 spiro atoms. The Morgan fingerprint density at radius 3 is 2.59 bits per heavy atom. The number of nitrogens with zero attached hydrogens (tertiary/aromatic N) is 3. The summed E-state index contributed by atoms with van der Waals surface area (Å²) in [7, 11) is -3.59. The molecule has 3 rings (SSSR count). The van der Waals surface area contributed by atoms with Crippen LogP contribution >= 0.6 is 11.6 Å². The van der Waals surface area contributed by atoms with E-state index in [-0.39, 0.29) is 41.4 Å². The quantitative estimate of drug-likeness (QED) is 0.490. The van der Waals surface area contributed by atoms with E-state index in [0.717, 1.165) is 18.4 Å². The molecule has 1 aromatic rings. The molecule has 1 N–H and O–H groups in total. The molecule has 2 aliphatic heterocycles. The monoisotopic (exact) mass is 490 g/mol. The fraction of sp³-hybridized carbons (Fsp3) is 0.400. The lowest BCUT2D eigenvalue weighted by Crippen LogP contribution is -2.41. The van der Waals surface area contributed by atoms with E-state index in [9.17, 15) is 21.6 Å². The molecular weight excluding hydrogens is 469 g/mol. The Hall–Kier alpha value is -2.37. The first-order chi connectivity index (χ1) is 15.0. The lowest BCUT2D eigenvalue weighted by atomic mass is 9.98. The molecule has 0 bridgehead atoms. The van der Waals surface area contributed by atoms with Gasteiger partial charge in [0.05, 0.1) is 36.5 Å². The minimum Gasteiger partial charge on any atom is -0.384 e. The van der Waals surface area contributed by atoms with E-state index in [4.69, 9.17) is 16.4 Å². The number of hydrogen-bond acceptors (Lipinski definition) is 6. The van der Waals surface area contributed by atoms with Crippen molar-refractivity contribution in [2.24, 2.45) is 10.1 Å². The number of benzene rings is 1. The third-order valence-electron chi connectivity index (χ3n) is 4.96. The molecule has 2 aliphatic rings. The van der Waals surface area contributed by atoms with E-state index >= 15 is 0 Å². The Kier molecular flexibility index (Phi) is 7.31. The second-order valence-electron chi connectivity index (χ2n) is 7.51. The summed E-state index contributed by atoms with van der Waals surface area (Å²) in [4.78, 5) is 10.9. The van der Waals surface area contributed by atoms with Crippen molar-refractivity contribution in [3.05, 3.63) is 52.2 Å². The van der Waals surface area contributed by atoms with Crippen molar-refractivity contribution in [2.75, 3.05) is 19.3 Å². The zero-order valence-corrected chi connectivity index (χ0v) is 18.9. The molecule has 7 nitrogen and oxygen atoms in total. The molecular formula is C20H22ClF3N4O3S. The van der Waals surface area contributed by atoms with Crippen LogP contribution in [0.4, 0.5) is 13.2 Å². The van der Waals surface area contributed by atoms with Gasteiger partial charge in [-0.25, -0.2) is 26.3 Å². The highest BCUT2D eigenvalue weighted by Crippen LogP contribution is 2.33. The molecule has 2 heterocycles. The summed E-state index contributed by atoms with van der Waals surface area (Å²) < 4.78 is 68.4. The van der Waals surface area contributed by atoms with Gasteiger partial charge >= 0.3 is 0 Å². The van der Waals surface area contributed by atoms with Crippen molar-refractivity contribution in [2.45, 2.75) is 31.7 Å². The summed E-state index contributed by atoms with van der Waals surface area (Å²) >= 11 is 6.00. The number of amidine groups is 1. The van der Waals surface area contributed by atoms with Crippen molar-refractivity contribution in [3.8, 4) is 0 Å². The molecule has 3 atom stereocenters. The van der Waals surface area contributed by atoms with Gasteiger partial charge in [-0.15, -0.1) is 0 Å². The number of hydrogen-bond donors (Lipinski definition) is 1. The van der Waals surface area contributed by atoms with Crippen LogP contribution in [0.3, 0.4) is 0 Å². The highest BCUT2D eigenvalue weighted by molar-refractivity contribution is 7.88. The Labute approximate surface area is 189 Å². The van der Waals surface area contributed by atoms with Gasteiger partial charge in [0.15, 0.2) is 6.10 Å². The van der Waals surface area contributed by atoms with E-state index in [2.05, 4.69) is 21.6 Å². The minimum absolute atomic E-state index is 0.0472. The molecule has 0 aromatic heterocycles. The van der Waals surface area contributed by atoms with Crippen LogP contribution in [0.5, 0.6) is 0 Å². The molecule has 0 amide bonds. The number of aliphatic imine (C=N–C) groups is 1. The summed E-state index contributed by atoms with van der Waals surface area (Å²) in [6.07, 6.45) is 0.125. The molecule has 0 radical (unpaired) electrons. The van der Waals surface area contributed by atoms with Crippen LogP contribution < -0.4 is 4.72 Å². The predicted molar refractivity (Wildman–Crippen MR) is 118 cm³/mol. The molecule has 1 aromatic carbocycles. The van der Waals surface area contributed by atoms with Crippen LogP contribution in [-0.4, -0.2) is 63.5 Å². The summed E-state index contributed by atoms with van der Waals surface area (Å²) in [5.74, 6) is -1.27. The smallest absolute Gasteiger partial charge is 0.209 e. The maximum absolute atomic E-state index is 14.5. The third kappa shape index (κ3) is 5.51. The average molecular weight is 491 g/mol. The van der Waals surface area contributed by atoms with Gasteiger partial charge in [-0.3, -0.25) is 4.99 Å². The first kappa shape index (κ1) is 24.3. The predicted octanol–water partition coefficient (Wildman–Crippen LogP) is 3.19. The van der Waals surface area contributed by atoms with Crippen LogP contribution in [0.2, 0.25) is 0 Å². The van der Waals surface area contributed by atoms with Crippen LogP contribution in [-0.2, 0) is 14.9 Å². The van der Waals surface area contributed by atoms with E-state index in [1.165, 1.54) is 12.1 Å². The standard InChI is InChI=1S/C20H22ClF3N4O3S/c1-11(21)7-12(19-13(22)5-4-6-14(19)23)20(25-2)17-8-18(26-31-17)28-9-15(24)16(10-28)27-32(3,29)30/h4-7,15-17,27H,2,8-10H2,1,3H3/b11-7+,20-12+/t15-,16+,17?/m0/s1. The Morgan fingerprint density at radius 1 is 1.38 bits per heavy atom. The number of allylic oxidation sites excluding steroid dienone is 3. The summed E-state index contributed by atoms with van der Waals surface area (Å²) in [5, 5.41) is 4.22. The molecule has 32 heavy (non-hydrogen) atoms. The van der Waals surface area contributed by atoms with Gasteiger partial charge < -0.3 is 9.74 Å². The number of nitrogens with one attached hydrogen (secondary N) is 1. The first-order valence-corrected chi connectivity index (χ1v) is 11.8. The Bertz CT molecular complexity index is 1080. The van der Waals surface area contributed by atoms with Gasteiger partial charge in [-0.2, -0.15) is 0 Å². The molecule has 1 saturated heterocycles. The van der Waals surface area contributed by atoms with Gasteiger partial charge in [0.1, 0.15) is 23.6 Å². The van der Waals surface area contributed by atoms with Crippen molar-refractivity contribution in [3.63, 3.8) is 0 Å². The van der Waals surface area contributed by atoms with Crippen LogP contribution in [0.15, 0.2) is 45.2 Å². The maximum atomic E-state index is 14.5. The second-order valence-corrected chi connectivity index (χ2v) is 9.88. The summed E-state index contributed by atoms with van der Waals surface area (Å²) in [6.45, 7) is 5.01. The largest absolute Gasteiger partial charge is 0.384 e. The van der Waals surface area contributed by atoms with Gasteiger partial charge in [0.2, 0.25) is 10.0 Å². The fourth-order valence-corrected chi connectivity index (χ4v) is 4.53. The zero-order chi connectivity index (χ0) is 23.6. The molecule has 1 unspecified atom stereocenters. The van der Waals surface area contributed by atoms with Crippen molar-refractivity contribution < 1.29 is 26.4 Å². The molecule has 0 aliphatic carbocycles.